The van der Waals surface area contributed by atoms with Crippen molar-refractivity contribution in [3.8, 4) is 17.6 Å². The number of anilines is 1. The zero-order chi connectivity index (χ0) is 24.7. The number of carbonyl (C=O) groups is 1. The number of hydrogen-bond acceptors (Lipinski definition) is 4. The molecule has 34 heavy (non-hydrogen) atoms. The van der Waals surface area contributed by atoms with Crippen LogP contribution >= 0.6 is 50.7 Å². The van der Waals surface area contributed by atoms with E-state index in [0.717, 1.165) is 10.0 Å². The zero-order valence-electron chi connectivity index (χ0n) is 17.9. The van der Waals surface area contributed by atoms with Crippen molar-refractivity contribution < 1.29 is 14.3 Å². The Kier molecular flexibility index (Phi) is 9.26. The number of nitrogens with one attached hydrogen (secondary N) is 1. The second-order valence-corrected chi connectivity index (χ2v) is 9.07. The molecule has 3 rings (SSSR count). The lowest BCUT2D eigenvalue weighted by Gasteiger charge is -2.15. The van der Waals surface area contributed by atoms with Gasteiger partial charge >= 0.3 is 0 Å². The monoisotopic (exact) mass is 578 g/mol. The highest BCUT2D eigenvalue weighted by Gasteiger charge is 2.15. The number of carbonyl (C=O) groups excluding carboxylic acids is 1. The minimum absolute atomic E-state index is 0.0918. The van der Waals surface area contributed by atoms with Gasteiger partial charge < -0.3 is 14.8 Å². The van der Waals surface area contributed by atoms with Crippen LogP contribution in [0.2, 0.25) is 15.1 Å². The smallest absolute Gasteiger partial charge is 0.266 e. The molecule has 5 nitrogen and oxygen atoms in total. The molecule has 0 aromatic heterocycles. The lowest BCUT2D eigenvalue weighted by Crippen LogP contribution is -2.13. The maximum absolute atomic E-state index is 12.6. The summed E-state index contributed by atoms with van der Waals surface area (Å²) >= 11 is 21.8. The van der Waals surface area contributed by atoms with Crippen molar-refractivity contribution in [3.63, 3.8) is 0 Å². The summed E-state index contributed by atoms with van der Waals surface area (Å²) in [6.45, 7) is 2.37. The summed E-state index contributed by atoms with van der Waals surface area (Å²) in [6.07, 6.45) is 1.44. The average molecular weight is 581 g/mol. The minimum atomic E-state index is -0.543. The summed E-state index contributed by atoms with van der Waals surface area (Å²) < 4.78 is 12.5. The summed E-state index contributed by atoms with van der Waals surface area (Å²) in [7, 11) is 0. The van der Waals surface area contributed by atoms with E-state index in [9.17, 15) is 10.1 Å². The SMILES string of the molecule is CCOc1cc(/C=C(\C#N)C(=O)Nc2ccc(Br)cc2)cc(Cl)c1OCc1ccc(Cl)c(Cl)c1. The van der Waals surface area contributed by atoms with Crippen molar-refractivity contribution in [2.75, 3.05) is 11.9 Å². The standard InChI is InChI=1S/C25H18BrCl3N2O3/c1-2-33-23-12-16(9-17(13-30)25(32)31-19-6-4-18(26)5-7-19)11-22(29)24(23)34-14-15-3-8-20(27)21(28)10-15/h3-12H,2,14H2,1H3,(H,31,32)/b17-9+. The fraction of sp³-hybridized carbons (Fsp3) is 0.120. The van der Waals surface area contributed by atoms with Crippen LogP contribution in [0, 0.1) is 11.3 Å². The molecule has 0 saturated carbocycles. The topological polar surface area (TPSA) is 71.3 Å². The highest BCUT2D eigenvalue weighted by molar-refractivity contribution is 9.10. The second kappa shape index (κ2) is 12.1. The summed E-state index contributed by atoms with van der Waals surface area (Å²) in [5.74, 6) is 0.176. The lowest BCUT2D eigenvalue weighted by molar-refractivity contribution is -0.112. The first-order chi connectivity index (χ1) is 16.3. The van der Waals surface area contributed by atoms with Gasteiger partial charge in [-0.1, -0.05) is 56.8 Å². The van der Waals surface area contributed by atoms with E-state index >= 15 is 0 Å². The predicted molar refractivity (Wildman–Crippen MR) is 140 cm³/mol. The maximum atomic E-state index is 12.6. The van der Waals surface area contributed by atoms with Gasteiger partial charge in [-0.05, 0) is 72.7 Å². The Morgan fingerprint density at radius 3 is 2.41 bits per heavy atom. The van der Waals surface area contributed by atoms with Gasteiger partial charge in [0.2, 0.25) is 0 Å². The van der Waals surface area contributed by atoms with E-state index < -0.39 is 5.91 Å². The quantitative estimate of drug-likeness (QED) is 0.217. The van der Waals surface area contributed by atoms with Crippen LogP contribution in [0.25, 0.3) is 6.08 Å². The van der Waals surface area contributed by atoms with Gasteiger partial charge in [-0.25, -0.2) is 0 Å². The Balaban J connectivity index is 1.84. The van der Waals surface area contributed by atoms with Crippen LogP contribution in [-0.2, 0) is 11.4 Å². The van der Waals surface area contributed by atoms with Crippen LogP contribution in [0.3, 0.4) is 0 Å². The van der Waals surface area contributed by atoms with Crippen LogP contribution < -0.4 is 14.8 Å². The molecule has 0 bridgehead atoms. The molecule has 1 amide bonds. The van der Waals surface area contributed by atoms with Crippen LogP contribution in [0.4, 0.5) is 5.69 Å². The Morgan fingerprint density at radius 1 is 1.03 bits per heavy atom. The molecule has 1 N–H and O–H groups in total. The molecule has 0 fully saturated rings. The number of benzene rings is 3. The van der Waals surface area contributed by atoms with Gasteiger partial charge in [-0.15, -0.1) is 0 Å². The minimum Gasteiger partial charge on any atom is -0.490 e. The third kappa shape index (κ3) is 6.91. The Morgan fingerprint density at radius 2 is 1.76 bits per heavy atom. The normalized spacial score (nSPS) is 11.0. The Bertz CT molecular complexity index is 1270. The molecule has 0 aliphatic heterocycles. The van der Waals surface area contributed by atoms with Gasteiger partial charge in [0.15, 0.2) is 11.5 Å². The third-order valence-corrected chi connectivity index (χ3v) is 6.03. The number of halogens is 4. The van der Waals surface area contributed by atoms with Gasteiger partial charge in [0.25, 0.3) is 5.91 Å². The highest BCUT2D eigenvalue weighted by Crippen LogP contribution is 2.38. The van der Waals surface area contributed by atoms with Crippen LogP contribution in [0.1, 0.15) is 18.1 Å². The van der Waals surface area contributed by atoms with E-state index in [4.69, 9.17) is 44.3 Å². The number of amides is 1. The first-order valence-corrected chi connectivity index (χ1v) is 11.9. The van der Waals surface area contributed by atoms with Gasteiger partial charge in [0.1, 0.15) is 18.2 Å². The first-order valence-electron chi connectivity index (χ1n) is 10.0. The van der Waals surface area contributed by atoms with Gasteiger partial charge in [-0.3, -0.25) is 4.79 Å². The van der Waals surface area contributed by atoms with E-state index in [-0.39, 0.29) is 17.2 Å². The van der Waals surface area contributed by atoms with E-state index in [0.29, 0.717) is 39.4 Å². The zero-order valence-corrected chi connectivity index (χ0v) is 21.7. The third-order valence-electron chi connectivity index (χ3n) is 4.48. The van der Waals surface area contributed by atoms with Gasteiger partial charge in [0.05, 0.1) is 21.7 Å². The maximum Gasteiger partial charge on any atom is 0.266 e. The largest absolute Gasteiger partial charge is 0.490 e. The van der Waals surface area contributed by atoms with Crippen molar-refractivity contribution in [1.82, 2.24) is 0 Å². The van der Waals surface area contributed by atoms with Crippen molar-refractivity contribution in [3.05, 3.63) is 90.8 Å². The molecule has 0 radical (unpaired) electrons. The predicted octanol–water partition coefficient (Wildman–Crippen LogP) is 7.93. The van der Waals surface area contributed by atoms with Crippen LogP contribution in [0.5, 0.6) is 11.5 Å². The summed E-state index contributed by atoms with van der Waals surface area (Å²) in [5, 5.41) is 13.4. The van der Waals surface area contributed by atoms with Crippen LogP contribution in [-0.4, -0.2) is 12.5 Å². The molecule has 174 valence electrons. The lowest BCUT2D eigenvalue weighted by atomic mass is 10.1. The molecule has 3 aromatic rings. The second-order valence-electron chi connectivity index (χ2n) is 6.93. The van der Waals surface area contributed by atoms with E-state index in [1.165, 1.54) is 6.08 Å². The molecule has 0 saturated heterocycles. The average Bonchev–Trinajstić information content (AvgIpc) is 2.80. The van der Waals surface area contributed by atoms with Gasteiger partial charge in [-0.2, -0.15) is 5.26 Å². The van der Waals surface area contributed by atoms with Gasteiger partial charge in [0, 0.05) is 10.2 Å². The van der Waals surface area contributed by atoms with E-state index in [2.05, 4.69) is 21.2 Å². The first kappa shape index (κ1) is 25.9. The Labute approximate surface area is 221 Å². The fourth-order valence-electron chi connectivity index (χ4n) is 2.91. The number of ether oxygens (including phenoxy) is 2. The molecule has 3 aromatic carbocycles. The number of nitrogens with zero attached hydrogens (tertiary/aromatic N) is 1. The van der Waals surface area contributed by atoms with Crippen molar-refractivity contribution in [2.45, 2.75) is 13.5 Å². The molecule has 9 heteroatoms. The highest BCUT2D eigenvalue weighted by atomic mass is 79.9. The molecule has 0 aliphatic rings. The van der Waals surface area contributed by atoms with Crippen molar-refractivity contribution >= 4 is 68.4 Å². The van der Waals surface area contributed by atoms with Crippen molar-refractivity contribution in [1.29, 1.82) is 5.26 Å². The molecular formula is C25H18BrCl3N2O3. The Hall–Kier alpha value is -2.69. The van der Waals surface area contributed by atoms with Crippen LogP contribution in [0.15, 0.2) is 64.6 Å². The molecule has 0 spiro atoms. The fourth-order valence-corrected chi connectivity index (χ4v) is 3.76. The van der Waals surface area contributed by atoms with E-state index in [1.54, 1.807) is 54.6 Å². The van der Waals surface area contributed by atoms with Crippen molar-refractivity contribution in [2.24, 2.45) is 0 Å². The number of hydrogen-bond donors (Lipinski definition) is 1. The summed E-state index contributed by atoms with van der Waals surface area (Å²) in [6, 6.07) is 17.4. The molecule has 0 unspecified atom stereocenters. The number of nitriles is 1. The molecule has 0 aliphatic carbocycles. The summed E-state index contributed by atoms with van der Waals surface area (Å²) in [4.78, 5) is 12.6. The van der Waals surface area contributed by atoms with E-state index in [1.807, 2.05) is 13.0 Å². The molecule has 0 atom stereocenters. The summed E-state index contributed by atoms with van der Waals surface area (Å²) in [5.41, 5.74) is 1.78. The number of rotatable bonds is 8. The molecule has 0 heterocycles. The molecular weight excluding hydrogens is 563 g/mol.